The van der Waals surface area contributed by atoms with E-state index in [-0.39, 0.29) is 11.3 Å². The Balaban J connectivity index is 2.47. The van der Waals surface area contributed by atoms with Crippen LogP contribution in [0.1, 0.15) is 18.4 Å². The summed E-state index contributed by atoms with van der Waals surface area (Å²) in [5, 5.41) is 8.96. The van der Waals surface area contributed by atoms with Gasteiger partial charge in [-0.25, -0.2) is 8.42 Å². The molecule has 9 heteroatoms. The number of rotatable bonds is 4. The Hall–Kier alpha value is -1.79. The van der Waals surface area contributed by atoms with Gasteiger partial charge in [0.1, 0.15) is 17.5 Å². The highest BCUT2D eigenvalue weighted by Crippen LogP contribution is 2.35. The Morgan fingerprint density at radius 3 is 2.48 bits per heavy atom. The predicted octanol–water partition coefficient (Wildman–Crippen LogP) is 1.86. The van der Waals surface area contributed by atoms with Crippen molar-refractivity contribution < 1.29 is 21.6 Å². The number of hydrogen-bond acceptors (Lipinski definition) is 4. The quantitative estimate of drug-likeness (QED) is 0.858. The smallest absolute Gasteiger partial charge is 0.399 e. The van der Waals surface area contributed by atoms with Crippen molar-refractivity contribution in [3.8, 4) is 6.07 Å². The van der Waals surface area contributed by atoms with Crippen molar-refractivity contribution >= 4 is 15.7 Å². The first-order chi connectivity index (χ1) is 9.65. The van der Waals surface area contributed by atoms with Crippen LogP contribution < -0.4 is 5.73 Å². The first kappa shape index (κ1) is 15.6. The van der Waals surface area contributed by atoms with Gasteiger partial charge >= 0.3 is 6.18 Å². The number of benzene rings is 1. The van der Waals surface area contributed by atoms with Crippen LogP contribution in [0.15, 0.2) is 23.1 Å². The molecule has 1 aromatic rings. The van der Waals surface area contributed by atoms with Gasteiger partial charge in [-0.3, -0.25) is 0 Å². The maximum Gasteiger partial charge on any atom is 0.402 e. The standard InChI is InChI=1S/C12H12F3N3O2S/c13-12(14,15)7-18(10-2-3-10)21(19,20)11-4-1-9(17)5-8(11)6-16/h1,4-5,10H,2-3,7,17H2. The van der Waals surface area contributed by atoms with E-state index in [1.165, 1.54) is 6.07 Å². The molecule has 1 aliphatic carbocycles. The third-order valence-electron chi connectivity index (χ3n) is 3.00. The van der Waals surface area contributed by atoms with Gasteiger partial charge in [0.05, 0.1) is 5.56 Å². The molecule has 2 N–H and O–H groups in total. The fourth-order valence-corrected chi connectivity index (χ4v) is 3.73. The van der Waals surface area contributed by atoms with Crippen molar-refractivity contribution in [2.75, 3.05) is 12.3 Å². The monoisotopic (exact) mass is 319 g/mol. The van der Waals surface area contributed by atoms with E-state index in [1.807, 2.05) is 0 Å². The molecule has 0 heterocycles. The molecule has 5 nitrogen and oxygen atoms in total. The number of anilines is 1. The minimum Gasteiger partial charge on any atom is -0.399 e. The van der Waals surface area contributed by atoms with Crippen LogP contribution in [0.2, 0.25) is 0 Å². The minimum atomic E-state index is -4.64. The number of nitrogens with two attached hydrogens (primary N) is 1. The summed E-state index contributed by atoms with van der Waals surface area (Å²) in [6.45, 7) is -1.56. The fraction of sp³-hybridized carbons (Fsp3) is 0.417. The van der Waals surface area contributed by atoms with Crippen molar-refractivity contribution in [2.45, 2.75) is 30.0 Å². The highest BCUT2D eigenvalue weighted by Gasteiger charge is 2.45. The molecule has 0 aliphatic heterocycles. The molecule has 1 fully saturated rings. The normalized spacial score (nSPS) is 16.0. The van der Waals surface area contributed by atoms with E-state index in [9.17, 15) is 21.6 Å². The second kappa shape index (κ2) is 5.20. The van der Waals surface area contributed by atoms with Crippen LogP contribution in [0.4, 0.5) is 18.9 Å². The lowest BCUT2D eigenvalue weighted by Crippen LogP contribution is -2.40. The van der Waals surface area contributed by atoms with Gasteiger partial charge in [0.25, 0.3) is 0 Å². The Morgan fingerprint density at radius 1 is 1.38 bits per heavy atom. The van der Waals surface area contributed by atoms with Crippen LogP contribution >= 0.6 is 0 Å². The van der Waals surface area contributed by atoms with Crippen molar-refractivity contribution in [1.82, 2.24) is 4.31 Å². The molecule has 0 bridgehead atoms. The Morgan fingerprint density at radius 2 is 2.00 bits per heavy atom. The van der Waals surface area contributed by atoms with E-state index in [4.69, 9.17) is 11.0 Å². The highest BCUT2D eigenvalue weighted by molar-refractivity contribution is 7.89. The van der Waals surface area contributed by atoms with Gasteiger partial charge in [0, 0.05) is 11.7 Å². The van der Waals surface area contributed by atoms with E-state index in [0.717, 1.165) is 12.1 Å². The molecule has 1 aliphatic rings. The van der Waals surface area contributed by atoms with Gasteiger partial charge in [-0.1, -0.05) is 0 Å². The maximum atomic E-state index is 12.6. The molecule has 0 aromatic heterocycles. The molecule has 0 atom stereocenters. The first-order valence-electron chi connectivity index (χ1n) is 6.03. The second-order valence-corrected chi connectivity index (χ2v) is 6.62. The minimum absolute atomic E-state index is 0.166. The zero-order valence-corrected chi connectivity index (χ0v) is 11.6. The zero-order chi connectivity index (χ0) is 15.8. The fourth-order valence-electron chi connectivity index (χ4n) is 1.94. The van der Waals surface area contributed by atoms with E-state index < -0.39 is 33.7 Å². The molecule has 0 saturated heterocycles. The molecule has 114 valence electrons. The van der Waals surface area contributed by atoms with Gasteiger partial charge in [-0.05, 0) is 31.0 Å². The van der Waals surface area contributed by atoms with Gasteiger partial charge in [-0.2, -0.15) is 22.7 Å². The molecule has 0 spiro atoms. The number of nitrogen functional groups attached to an aromatic ring is 1. The Labute approximate surface area is 119 Å². The highest BCUT2D eigenvalue weighted by atomic mass is 32.2. The summed E-state index contributed by atoms with van der Waals surface area (Å²) in [5.41, 5.74) is 5.36. The lowest BCUT2D eigenvalue weighted by Gasteiger charge is -2.23. The lowest BCUT2D eigenvalue weighted by molar-refractivity contribution is -0.137. The van der Waals surface area contributed by atoms with Crippen LogP contribution in [-0.2, 0) is 10.0 Å². The maximum absolute atomic E-state index is 12.6. The van der Waals surface area contributed by atoms with Crippen molar-refractivity contribution in [3.05, 3.63) is 23.8 Å². The van der Waals surface area contributed by atoms with Gasteiger partial charge in [0.15, 0.2) is 0 Å². The number of halogens is 3. The second-order valence-electron chi connectivity index (χ2n) is 4.76. The average Bonchev–Trinajstić information content (AvgIpc) is 3.18. The molecule has 0 radical (unpaired) electrons. The molecule has 0 amide bonds. The van der Waals surface area contributed by atoms with E-state index in [0.29, 0.717) is 17.1 Å². The zero-order valence-electron chi connectivity index (χ0n) is 10.8. The molecular formula is C12H12F3N3O2S. The number of hydrogen-bond donors (Lipinski definition) is 1. The first-order valence-corrected chi connectivity index (χ1v) is 7.47. The summed E-state index contributed by atoms with van der Waals surface area (Å²) < 4.78 is 63.0. The predicted molar refractivity (Wildman–Crippen MR) is 68.5 cm³/mol. The number of nitriles is 1. The van der Waals surface area contributed by atoms with Crippen molar-refractivity contribution in [2.24, 2.45) is 0 Å². The Kier molecular flexibility index (Phi) is 3.86. The molecule has 21 heavy (non-hydrogen) atoms. The lowest BCUT2D eigenvalue weighted by atomic mass is 10.2. The summed E-state index contributed by atoms with van der Waals surface area (Å²) in [7, 11) is -4.40. The van der Waals surface area contributed by atoms with Crippen LogP contribution in [0.5, 0.6) is 0 Å². The van der Waals surface area contributed by atoms with E-state index in [1.54, 1.807) is 6.07 Å². The van der Waals surface area contributed by atoms with Crippen LogP contribution in [0, 0.1) is 11.3 Å². The van der Waals surface area contributed by atoms with Crippen LogP contribution in [-0.4, -0.2) is 31.5 Å². The molecule has 1 saturated carbocycles. The largest absolute Gasteiger partial charge is 0.402 e. The molecule has 2 rings (SSSR count). The van der Waals surface area contributed by atoms with Crippen molar-refractivity contribution in [3.63, 3.8) is 0 Å². The SMILES string of the molecule is N#Cc1cc(N)ccc1S(=O)(=O)N(CC(F)(F)F)C1CC1. The number of sulfonamides is 1. The van der Waals surface area contributed by atoms with E-state index in [2.05, 4.69) is 0 Å². The average molecular weight is 319 g/mol. The van der Waals surface area contributed by atoms with Crippen LogP contribution in [0.3, 0.4) is 0 Å². The topological polar surface area (TPSA) is 87.2 Å². The summed E-state index contributed by atoms with van der Waals surface area (Å²) in [4.78, 5) is -0.449. The summed E-state index contributed by atoms with van der Waals surface area (Å²) in [6, 6.07) is 4.42. The summed E-state index contributed by atoms with van der Waals surface area (Å²) in [6.07, 6.45) is -3.88. The van der Waals surface area contributed by atoms with Gasteiger partial charge < -0.3 is 5.73 Å². The summed E-state index contributed by atoms with van der Waals surface area (Å²) in [5.74, 6) is 0. The Bertz CT molecular complexity index is 691. The summed E-state index contributed by atoms with van der Waals surface area (Å²) >= 11 is 0. The van der Waals surface area contributed by atoms with Gasteiger partial charge in [0.2, 0.25) is 10.0 Å². The number of alkyl halides is 3. The molecule has 0 unspecified atom stereocenters. The number of nitrogens with zero attached hydrogens (tertiary/aromatic N) is 2. The molecular weight excluding hydrogens is 307 g/mol. The van der Waals surface area contributed by atoms with Gasteiger partial charge in [-0.15, -0.1) is 0 Å². The third-order valence-corrected chi connectivity index (χ3v) is 4.96. The third kappa shape index (κ3) is 3.46. The van der Waals surface area contributed by atoms with Crippen molar-refractivity contribution in [1.29, 1.82) is 5.26 Å². The van der Waals surface area contributed by atoms with E-state index >= 15 is 0 Å². The van der Waals surface area contributed by atoms with Crippen LogP contribution in [0.25, 0.3) is 0 Å². The molecule has 1 aromatic carbocycles.